The number of fused-ring (bicyclic) bond motifs is 1. The summed E-state index contributed by atoms with van der Waals surface area (Å²) in [6.45, 7) is 0.250. The highest BCUT2D eigenvalue weighted by molar-refractivity contribution is 7.12. The molecule has 0 spiro atoms. The third kappa shape index (κ3) is 6.07. The zero-order valence-electron chi connectivity index (χ0n) is 19.1. The van der Waals surface area contributed by atoms with Crippen molar-refractivity contribution < 1.29 is 24.3 Å². The first-order valence-corrected chi connectivity index (χ1v) is 13.1. The SMILES string of the molecule is O=C(NC[C@H](NC(=O)c1c(Cl)cc2c(c1Cl)CCN(C(=O)c1cccc(Cl)c1)C2)C(=O)O)c1cccs1. The largest absolute Gasteiger partial charge is 0.480 e. The van der Waals surface area contributed by atoms with E-state index in [-0.39, 0.29) is 34.6 Å². The highest BCUT2D eigenvalue weighted by Gasteiger charge is 2.30. The molecule has 192 valence electrons. The van der Waals surface area contributed by atoms with Gasteiger partial charge in [0.1, 0.15) is 6.04 Å². The number of rotatable bonds is 7. The molecule has 1 aliphatic heterocycles. The third-order valence-electron chi connectivity index (χ3n) is 5.81. The fourth-order valence-corrected chi connectivity index (χ4v) is 5.55. The van der Waals surface area contributed by atoms with Gasteiger partial charge in [0, 0.05) is 30.2 Å². The van der Waals surface area contributed by atoms with Crippen molar-refractivity contribution in [3.63, 3.8) is 0 Å². The zero-order chi connectivity index (χ0) is 26.7. The molecule has 4 rings (SSSR count). The lowest BCUT2D eigenvalue weighted by atomic mass is 9.96. The number of hydrogen-bond donors (Lipinski definition) is 3. The Morgan fingerprint density at radius 3 is 2.51 bits per heavy atom. The summed E-state index contributed by atoms with van der Waals surface area (Å²) in [5, 5.41) is 16.7. The van der Waals surface area contributed by atoms with Crippen molar-refractivity contribution in [1.82, 2.24) is 15.5 Å². The van der Waals surface area contributed by atoms with Crippen molar-refractivity contribution >= 4 is 69.8 Å². The number of nitrogens with zero attached hydrogens (tertiary/aromatic N) is 1. The molecule has 37 heavy (non-hydrogen) atoms. The molecule has 1 aliphatic rings. The molecule has 0 bridgehead atoms. The fourth-order valence-electron chi connectivity index (χ4n) is 3.96. The number of halogens is 3. The molecule has 1 aromatic heterocycles. The molecule has 12 heteroatoms. The summed E-state index contributed by atoms with van der Waals surface area (Å²) in [5.74, 6) is -2.76. The Bertz CT molecular complexity index is 1380. The molecule has 2 heterocycles. The number of nitrogens with one attached hydrogen (secondary N) is 2. The topological polar surface area (TPSA) is 116 Å². The van der Waals surface area contributed by atoms with Crippen LogP contribution in [0.2, 0.25) is 15.1 Å². The van der Waals surface area contributed by atoms with E-state index in [9.17, 15) is 24.3 Å². The number of carboxylic acid groups (broad SMARTS) is 1. The van der Waals surface area contributed by atoms with E-state index < -0.39 is 23.8 Å². The van der Waals surface area contributed by atoms with Gasteiger partial charge in [-0.15, -0.1) is 11.3 Å². The van der Waals surface area contributed by atoms with Crippen LogP contribution in [0.3, 0.4) is 0 Å². The van der Waals surface area contributed by atoms with Crippen molar-refractivity contribution in [2.75, 3.05) is 13.1 Å². The van der Waals surface area contributed by atoms with Gasteiger partial charge in [0.15, 0.2) is 0 Å². The molecule has 3 aromatic rings. The molecule has 0 radical (unpaired) electrons. The molecule has 0 saturated heterocycles. The minimum absolute atomic E-state index is 0.0186. The van der Waals surface area contributed by atoms with Crippen molar-refractivity contribution in [1.29, 1.82) is 0 Å². The fraction of sp³-hybridized carbons (Fsp3) is 0.200. The van der Waals surface area contributed by atoms with Crippen LogP contribution in [0.1, 0.15) is 41.5 Å². The third-order valence-corrected chi connectivity index (χ3v) is 7.62. The first-order chi connectivity index (χ1) is 17.7. The molecule has 3 N–H and O–H groups in total. The van der Waals surface area contributed by atoms with Crippen LogP contribution in [-0.2, 0) is 17.8 Å². The average molecular weight is 581 g/mol. The predicted molar refractivity (Wildman–Crippen MR) is 142 cm³/mol. The molecule has 1 atom stereocenters. The van der Waals surface area contributed by atoms with Crippen LogP contribution in [-0.4, -0.2) is 52.8 Å². The van der Waals surface area contributed by atoms with Crippen molar-refractivity contribution in [2.24, 2.45) is 0 Å². The lowest BCUT2D eigenvalue weighted by Crippen LogP contribution is -2.48. The highest BCUT2D eigenvalue weighted by Crippen LogP contribution is 2.35. The predicted octanol–water partition coefficient (Wildman–Crippen LogP) is 4.52. The average Bonchev–Trinajstić information content (AvgIpc) is 3.40. The van der Waals surface area contributed by atoms with E-state index in [1.54, 1.807) is 52.7 Å². The normalized spacial score (nSPS) is 13.4. The maximum atomic E-state index is 13.0. The second kappa shape index (κ2) is 11.5. The molecule has 3 amide bonds. The summed E-state index contributed by atoms with van der Waals surface area (Å²) < 4.78 is 0. The molecular weight excluding hydrogens is 561 g/mol. The van der Waals surface area contributed by atoms with E-state index >= 15 is 0 Å². The number of thiophene rings is 1. The maximum Gasteiger partial charge on any atom is 0.328 e. The van der Waals surface area contributed by atoms with Crippen molar-refractivity contribution in [3.8, 4) is 0 Å². The number of carbonyl (C=O) groups is 4. The summed E-state index contributed by atoms with van der Waals surface area (Å²) in [5.41, 5.74) is 1.73. The maximum absolute atomic E-state index is 13.0. The minimum Gasteiger partial charge on any atom is -0.480 e. The van der Waals surface area contributed by atoms with Gasteiger partial charge in [-0.1, -0.05) is 46.9 Å². The van der Waals surface area contributed by atoms with Gasteiger partial charge >= 0.3 is 5.97 Å². The molecule has 0 aliphatic carbocycles. The van der Waals surface area contributed by atoms with Crippen molar-refractivity contribution in [3.05, 3.63) is 90.0 Å². The number of benzene rings is 2. The van der Waals surface area contributed by atoms with E-state index in [0.29, 0.717) is 39.6 Å². The second-order valence-electron chi connectivity index (χ2n) is 8.22. The van der Waals surface area contributed by atoms with Crippen LogP contribution in [0.5, 0.6) is 0 Å². The summed E-state index contributed by atoms with van der Waals surface area (Å²) >= 11 is 20.2. The lowest BCUT2D eigenvalue weighted by molar-refractivity contribution is -0.139. The Hall–Kier alpha value is -3.11. The summed E-state index contributed by atoms with van der Waals surface area (Å²) in [7, 11) is 0. The van der Waals surface area contributed by atoms with E-state index in [1.807, 2.05) is 0 Å². The lowest BCUT2D eigenvalue weighted by Gasteiger charge is -2.30. The van der Waals surface area contributed by atoms with Crippen LogP contribution in [0.4, 0.5) is 0 Å². The van der Waals surface area contributed by atoms with Crippen LogP contribution in [0.25, 0.3) is 0 Å². The van der Waals surface area contributed by atoms with E-state index in [0.717, 1.165) is 0 Å². The quantitative estimate of drug-likeness (QED) is 0.380. The van der Waals surface area contributed by atoms with Gasteiger partial charge in [0.05, 0.1) is 20.5 Å². The van der Waals surface area contributed by atoms with Gasteiger partial charge in [0.25, 0.3) is 17.7 Å². The Morgan fingerprint density at radius 2 is 1.84 bits per heavy atom. The van der Waals surface area contributed by atoms with E-state index in [4.69, 9.17) is 34.8 Å². The number of hydrogen-bond acceptors (Lipinski definition) is 5. The Morgan fingerprint density at radius 1 is 1.05 bits per heavy atom. The van der Waals surface area contributed by atoms with Gasteiger partial charge in [-0.2, -0.15) is 0 Å². The zero-order valence-corrected chi connectivity index (χ0v) is 22.2. The van der Waals surface area contributed by atoms with Crippen LogP contribution in [0.15, 0.2) is 47.8 Å². The molecule has 0 fully saturated rings. The van der Waals surface area contributed by atoms with Gasteiger partial charge in [-0.25, -0.2) is 4.79 Å². The molecule has 0 unspecified atom stereocenters. The number of aliphatic carboxylic acids is 1. The molecule has 8 nitrogen and oxygen atoms in total. The number of carboxylic acids is 1. The van der Waals surface area contributed by atoms with Gasteiger partial charge in [-0.05, 0) is 53.3 Å². The van der Waals surface area contributed by atoms with Gasteiger partial charge in [-0.3, -0.25) is 14.4 Å². The number of amides is 3. The summed E-state index contributed by atoms with van der Waals surface area (Å²) in [6.07, 6.45) is 0.372. The van der Waals surface area contributed by atoms with E-state index in [2.05, 4.69) is 10.6 Å². The monoisotopic (exact) mass is 579 g/mol. The van der Waals surface area contributed by atoms with Crippen LogP contribution < -0.4 is 10.6 Å². The van der Waals surface area contributed by atoms with Crippen LogP contribution >= 0.6 is 46.1 Å². The Kier molecular flexibility index (Phi) is 8.39. The van der Waals surface area contributed by atoms with Crippen molar-refractivity contribution in [2.45, 2.75) is 19.0 Å². The highest BCUT2D eigenvalue weighted by atomic mass is 35.5. The first kappa shape index (κ1) is 26.9. The molecule has 2 aromatic carbocycles. The molecule has 0 saturated carbocycles. The smallest absolute Gasteiger partial charge is 0.328 e. The minimum atomic E-state index is -1.41. The van der Waals surface area contributed by atoms with Crippen LogP contribution in [0, 0.1) is 0 Å². The standard InChI is InChI=1S/C25H20Cl3N3O5S/c26-15-4-1-3-13(9-15)24(34)31-7-6-16-14(12-31)10-17(27)20(21(16)28)23(33)30-18(25(35)36)11-29-22(32)19-5-2-8-37-19/h1-5,8-10,18H,6-7,11-12H2,(H,29,32)(H,30,33)(H,35,36)/t18-/m0/s1. The van der Waals surface area contributed by atoms with E-state index in [1.165, 1.54) is 11.3 Å². The summed E-state index contributed by atoms with van der Waals surface area (Å²) in [4.78, 5) is 51.9. The first-order valence-electron chi connectivity index (χ1n) is 11.1. The molecular formula is C25H20Cl3N3O5S. The second-order valence-corrected chi connectivity index (χ2v) is 10.4. The van der Waals surface area contributed by atoms with Gasteiger partial charge < -0.3 is 20.6 Å². The Labute approximate surface area is 231 Å². The Balaban J connectivity index is 1.49. The summed E-state index contributed by atoms with van der Waals surface area (Å²) in [6, 6.07) is 10.1. The van der Waals surface area contributed by atoms with Gasteiger partial charge in [0.2, 0.25) is 0 Å². The number of carbonyl (C=O) groups excluding carboxylic acids is 3.